The molecule has 0 aliphatic carbocycles. The summed E-state index contributed by atoms with van der Waals surface area (Å²) in [6.45, 7) is 8.45. The topological polar surface area (TPSA) is 56.5 Å². The van der Waals surface area contributed by atoms with Crippen molar-refractivity contribution in [3.8, 4) is 62.2 Å². The van der Waals surface area contributed by atoms with Crippen LogP contribution in [0.2, 0.25) is 0 Å². The molecule has 11 rings (SSSR count). The fourth-order valence-electron chi connectivity index (χ4n) is 9.16. The summed E-state index contributed by atoms with van der Waals surface area (Å²) < 4.78 is 2.38. The van der Waals surface area contributed by atoms with Crippen molar-refractivity contribution < 1.29 is 0 Å². The lowest BCUT2D eigenvalue weighted by molar-refractivity contribution is 1.07. The first-order valence-corrected chi connectivity index (χ1v) is 20.8. The highest BCUT2D eigenvalue weighted by Crippen LogP contribution is 2.42. The fourth-order valence-corrected chi connectivity index (χ4v) is 9.16. The average Bonchev–Trinajstić information content (AvgIpc) is 3.61. The van der Waals surface area contributed by atoms with Crippen molar-refractivity contribution in [3.05, 3.63) is 198 Å². The highest BCUT2D eigenvalue weighted by Gasteiger charge is 2.20. The lowest BCUT2D eigenvalue weighted by Crippen LogP contribution is -2.01. The zero-order valence-electron chi connectivity index (χ0n) is 34.5. The molecule has 5 nitrogen and oxygen atoms in total. The predicted octanol–water partition coefficient (Wildman–Crippen LogP) is 14.2. The van der Waals surface area contributed by atoms with Crippen molar-refractivity contribution >= 4 is 43.5 Å². The molecule has 5 heteroatoms. The van der Waals surface area contributed by atoms with E-state index in [1.54, 1.807) is 0 Å². The van der Waals surface area contributed by atoms with Gasteiger partial charge in [0.15, 0.2) is 17.5 Å². The van der Waals surface area contributed by atoms with Gasteiger partial charge in [0, 0.05) is 55.0 Å². The zero-order valence-corrected chi connectivity index (χ0v) is 34.5. The van der Waals surface area contributed by atoms with E-state index in [2.05, 4.69) is 208 Å². The molecule has 0 atom stereocenters. The largest absolute Gasteiger partial charge is 0.309 e. The van der Waals surface area contributed by atoms with Crippen LogP contribution in [0.5, 0.6) is 0 Å². The maximum Gasteiger partial charge on any atom is 0.164 e. The molecule has 0 fully saturated rings. The third-order valence-corrected chi connectivity index (χ3v) is 11.7. The Bertz CT molecular complexity index is 3390. The summed E-state index contributed by atoms with van der Waals surface area (Å²) in [7, 11) is 0. The van der Waals surface area contributed by atoms with E-state index in [0.29, 0.717) is 17.5 Å². The first-order valence-electron chi connectivity index (χ1n) is 20.8. The van der Waals surface area contributed by atoms with Crippen LogP contribution in [0.3, 0.4) is 0 Å². The summed E-state index contributed by atoms with van der Waals surface area (Å²) in [6, 6.07) is 62.7. The van der Waals surface area contributed by atoms with Gasteiger partial charge in [0.05, 0.1) is 22.2 Å². The zero-order chi connectivity index (χ0) is 41.2. The number of rotatable bonds is 6. The summed E-state index contributed by atoms with van der Waals surface area (Å²) in [5.41, 5.74) is 16.2. The van der Waals surface area contributed by atoms with Gasteiger partial charge in [-0.3, -0.25) is 0 Å². The van der Waals surface area contributed by atoms with Crippen LogP contribution in [0.15, 0.2) is 176 Å². The molecule has 0 saturated carbocycles. The van der Waals surface area contributed by atoms with Gasteiger partial charge in [0.2, 0.25) is 0 Å². The minimum Gasteiger partial charge on any atom is -0.309 e. The van der Waals surface area contributed by atoms with E-state index in [1.807, 2.05) is 0 Å². The monoisotopic (exact) mass is 783 g/mol. The Morgan fingerprint density at radius 1 is 0.328 bits per heavy atom. The van der Waals surface area contributed by atoms with Gasteiger partial charge < -0.3 is 4.57 Å². The molecule has 0 spiro atoms. The molecule has 8 aromatic carbocycles. The molecule has 0 saturated heterocycles. The number of para-hydroxylation sites is 3. The molecule has 0 bridgehead atoms. The fraction of sp³-hybridized carbons (Fsp3) is 0.0714. The third-order valence-electron chi connectivity index (χ3n) is 11.7. The Labute approximate surface area is 354 Å². The second-order valence-electron chi connectivity index (χ2n) is 16.3. The summed E-state index contributed by atoms with van der Waals surface area (Å²) in [6.07, 6.45) is 0. The van der Waals surface area contributed by atoms with Crippen LogP contribution in [0.4, 0.5) is 0 Å². The molecule has 0 unspecified atom stereocenters. The summed E-state index contributed by atoms with van der Waals surface area (Å²) >= 11 is 0. The molecule has 3 aromatic heterocycles. The van der Waals surface area contributed by atoms with Gasteiger partial charge in [0.25, 0.3) is 0 Å². The van der Waals surface area contributed by atoms with E-state index in [-0.39, 0.29) is 0 Å². The van der Waals surface area contributed by atoms with Crippen molar-refractivity contribution in [3.63, 3.8) is 0 Å². The van der Waals surface area contributed by atoms with E-state index in [4.69, 9.17) is 19.9 Å². The maximum absolute atomic E-state index is 5.57. The molecule has 11 aromatic rings. The Morgan fingerprint density at radius 3 is 1.51 bits per heavy atom. The Morgan fingerprint density at radius 2 is 0.869 bits per heavy atom. The number of hydrogen-bond acceptors (Lipinski definition) is 4. The highest BCUT2D eigenvalue weighted by atomic mass is 15.0. The van der Waals surface area contributed by atoms with Gasteiger partial charge >= 0.3 is 0 Å². The van der Waals surface area contributed by atoms with Gasteiger partial charge in [-0.25, -0.2) is 19.9 Å². The molecule has 0 aliphatic rings. The molecule has 0 radical (unpaired) electrons. The number of aryl methyl sites for hydroxylation is 4. The predicted molar refractivity (Wildman–Crippen MR) is 253 cm³/mol. The molecule has 0 aliphatic heterocycles. The van der Waals surface area contributed by atoms with E-state index in [9.17, 15) is 0 Å². The number of fused-ring (bicyclic) bond motifs is 6. The van der Waals surface area contributed by atoms with Crippen molar-refractivity contribution in [1.82, 2.24) is 24.5 Å². The van der Waals surface area contributed by atoms with Crippen LogP contribution in [0.25, 0.3) is 106 Å². The van der Waals surface area contributed by atoms with E-state index < -0.39 is 0 Å². The minimum atomic E-state index is 0.636. The Balaban J connectivity index is 1.10. The van der Waals surface area contributed by atoms with Gasteiger partial charge in [-0.15, -0.1) is 0 Å². The van der Waals surface area contributed by atoms with Crippen molar-refractivity contribution in [1.29, 1.82) is 0 Å². The number of aromatic nitrogens is 5. The molecule has 290 valence electrons. The second kappa shape index (κ2) is 14.5. The Hall–Kier alpha value is -7.76. The van der Waals surface area contributed by atoms with Crippen LogP contribution in [-0.4, -0.2) is 24.5 Å². The molecular formula is C56H41N5. The normalized spacial score (nSPS) is 11.6. The third kappa shape index (κ3) is 6.43. The van der Waals surface area contributed by atoms with Gasteiger partial charge in [-0.2, -0.15) is 0 Å². The summed E-state index contributed by atoms with van der Waals surface area (Å²) in [4.78, 5) is 20.8. The lowest BCUT2D eigenvalue weighted by atomic mass is 9.94. The van der Waals surface area contributed by atoms with Crippen LogP contribution in [0.1, 0.15) is 22.3 Å². The number of benzene rings is 8. The number of nitrogens with zero attached hydrogens (tertiary/aromatic N) is 5. The van der Waals surface area contributed by atoms with Crippen LogP contribution < -0.4 is 0 Å². The van der Waals surface area contributed by atoms with E-state index >= 15 is 0 Å². The quantitative estimate of drug-likeness (QED) is 0.158. The maximum atomic E-state index is 5.57. The van der Waals surface area contributed by atoms with Crippen LogP contribution in [-0.2, 0) is 0 Å². The highest BCUT2D eigenvalue weighted by molar-refractivity contribution is 6.21. The van der Waals surface area contributed by atoms with Gasteiger partial charge in [-0.1, -0.05) is 144 Å². The average molecular weight is 784 g/mol. The van der Waals surface area contributed by atoms with Crippen LogP contribution in [0, 0.1) is 27.7 Å². The molecular weight excluding hydrogens is 743 g/mol. The molecule has 0 amide bonds. The summed E-state index contributed by atoms with van der Waals surface area (Å²) in [5, 5.41) is 5.84. The standard InChI is InChI=1S/C56H41N5/c1-34-26-35(2)29-41(28-34)55-58-54(59-56(60-55)42-30-36(3)27-37(4)31-42)40-24-22-38(23-25-40)44-19-13-20-46-47-32-48-45-18-11-12-21-50(45)61(43-16-9-6-10-17-43)51(48)33-49(47)52(57-53(44)46)39-14-7-5-8-15-39/h5-33H,1-4H3. The van der Waals surface area contributed by atoms with Crippen LogP contribution >= 0.6 is 0 Å². The van der Waals surface area contributed by atoms with Gasteiger partial charge in [0.1, 0.15) is 0 Å². The second-order valence-corrected chi connectivity index (χ2v) is 16.3. The first kappa shape index (κ1) is 36.3. The van der Waals surface area contributed by atoms with E-state index in [1.165, 1.54) is 43.9 Å². The Kier molecular flexibility index (Phi) is 8.64. The van der Waals surface area contributed by atoms with Crippen molar-refractivity contribution in [2.45, 2.75) is 27.7 Å². The number of pyridine rings is 1. The number of hydrogen-bond donors (Lipinski definition) is 0. The SMILES string of the molecule is Cc1cc(C)cc(-c2nc(-c3ccc(-c4cccc5c4nc(-c4ccccc4)c4cc6c(cc45)c4ccccc4n6-c4ccccc4)cc3)nc(-c3cc(C)cc(C)c3)n2)c1. The first-order chi connectivity index (χ1) is 29.8. The summed E-state index contributed by atoms with van der Waals surface area (Å²) in [5.74, 6) is 1.96. The molecule has 3 heterocycles. The van der Waals surface area contributed by atoms with Crippen molar-refractivity contribution in [2.75, 3.05) is 0 Å². The smallest absolute Gasteiger partial charge is 0.164 e. The van der Waals surface area contributed by atoms with Crippen molar-refractivity contribution in [2.24, 2.45) is 0 Å². The lowest BCUT2D eigenvalue weighted by Gasteiger charge is -2.15. The van der Waals surface area contributed by atoms with E-state index in [0.717, 1.165) is 66.6 Å². The molecule has 0 N–H and O–H groups in total. The minimum absolute atomic E-state index is 0.636. The molecule has 61 heavy (non-hydrogen) atoms. The van der Waals surface area contributed by atoms with Gasteiger partial charge in [-0.05, 0) is 93.2 Å².